The second-order valence-corrected chi connectivity index (χ2v) is 6.40. The molecule has 118 valence electrons. The molecule has 2 aromatic heterocycles. The van der Waals surface area contributed by atoms with Gasteiger partial charge in [0.05, 0.1) is 32.0 Å². The molecule has 1 N–H and O–H groups in total. The van der Waals surface area contributed by atoms with Crippen molar-refractivity contribution in [2.45, 2.75) is 0 Å². The average Bonchev–Trinajstić information content (AvgIpc) is 3.26. The van der Waals surface area contributed by atoms with Gasteiger partial charge in [-0.2, -0.15) is 5.10 Å². The summed E-state index contributed by atoms with van der Waals surface area (Å²) in [5.74, 6) is -0.274. The van der Waals surface area contributed by atoms with Crippen molar-refractivity contribution in [3.63, 3.8) is 0 Å². The van der Waals surface area contributed by atoms with Gasteiger partial charge in [0.1, 0.15) is 0 Å². The summed E-state index contributed by atoms with van der Waals surface area (Å²) < 4.78 is 2.75. The fourth-order valence-corrected chi connectivity index (χ4v) is 3.25. The highest BCUT2D eigenvalue weighted by molar-refractivity contribution is 7.16. The van der Waals surface area contributed by atoms with Gasteiger partial charge < -0.3 is 5.32 Å². The van der Waals surface area contributed by atoms with Crippen LogP contribution in [0, 0.1) is 0 Å². The minimum atomic E-state index is -0.274. The summed E-state index contributed by atoms with van der Waals surface area (Å²) in [4.78, 5) is 16.8. The summed E-state index contributed by atoms with van der Waals surface area (Å²) in [7, 11) is 0. The second kappa shape index (κ2) is 6.07. The Morgan fingerprint density at radius 2 is 2.12 bits per heavy atom. The van der Waals surface area contributed by atoms with E-state index in [9.17, 15) is 4.79 Å². The number of nitrogens with zero attached hydrogens (tertiary/aromatic N) is 3. The average molecular weight is 355 g/mol. The van der Waals surface area contributed by atoms with Gasteiger partial charge >= 0.3 is 0 Å². The Labute approximate surface area is 146 Å². The smallest absolute Gasteiger partial charge is 0.257 e. The molecule has 0 radical (unpaired) electrons. The molecule has 2 heterocycles. The summed E-state index contributed by atoms with van der Waals surface area (Å²) >= 11 is 7.75. The van der Waals surface area contributed by atoms with E-state index in [1.807, 2.05) is 30.3 Å². The Kier molecular flexibility index (Phi) is 3.76. The van der Waals surface area contributed by atoms with Crippen LogP contribution in [0.2, 0.25) is 5.02 Å². The van der Waals surface area contributed by atoms with Gasteiger partial charge in [-0.25, -0.2) is 9.67 Å². The first-order valence-corrected chi connectivity index (χ1v) is 8.41. The molecular weight excluding hydrogens is 344 g/mol. The minimum Gasteiger partial charge on any atom is -0.322 e. The molecule has 0 unspecified atom stereocenters. The maximum atomic E-state index is 12.6. The Morgan fingerprint density at radius 1 is 1.21 bits per heavy atom. The van der Waals surface area contributed by atoms with Crippen LogP contribution in [0.1, 0.15) is 10.4 Å². The second-order valence-electron chi connectivity index (χ2n) is 5.10. The van der Waals surface area contributed by atoms with Crippen molar-refractivity contribution < 1.29 is 4.79 Å². The summed E-state index contributed by atoms with van der Waals surface area (Å²) in [5.41, 5.74) is 4.47. The van der Waals surface area contributed by atoms with Crippen LogP contribution in [-0.4, -0.2) is 20.7 Å². The van der Waals surface area contributed by atoms with E-state index in [-0.39, 0.29) is 5.91 Å². The molecular formula is C17H11ClN4OS. The molecule has 0 fully saturated rings. The highest BCUT2D eigenvalue weighted by Gasteiger charge is 2.13. The number of hydrogen-bond acceptors (Lipinski definition) is 4. The Hall–Kier alpha value is -2.70. The van der Waals surface area contributed by atoms with Crippen LogP contribution in [0.4, 0.5) is 5.69 Å². The number of aromatic nitrogens is 3. The summed E-state index contributed by atoms with van der Waals surface area (Å²) in [6, 6.07) is 12.7. The number of carbonyl (C=O) groups excluding carboxylic acids is 1. The number of nitrogens with one attached hydrogen (secondary N) is 1. The van der Waals surface area contributed by atoms with Gasteiger partial charge in [-0.1, -0.05) is 11.6 Å². The van der Waals surface area contributed by atoms with E-state index in [2.05, 4.69) is 15.4 Å². The van der Waals surface area contributed by atoms with Crippen LogP contribution in [0.25, 0.3) is 15.9 Å². The van der Waals surface area contributed by atoms with E-state index in [1.165, 1.54) is 0 Å². The number of amides is 1. The third-order valence-electron chi connectivity index (χ3n) is 3.55. The largest absolute Gasteiger partial charge is 0.322 e. The van der Waals surface area contributed by atoms with Crippen molar-refractivity contribution in [2.75, 3.05) is 5.32 Å². The fourth-order valence-electron chi connectivity index (χ4n) is 2.39. The van der Waals surface area contributed by atoms with Gasteiger partial charge in [-0.15, -0.1) is 11.3 Å². The van der Waals surface area contributed by atoms with E-state index in [1.54, 1.807) is 46.1 Å². The molecule has 4 aromatic rings. The summed E-state index contributed by atoms with van der Waals surface area (Å²) in [5, 5.41) is 7.42. The normalized spacial score (nSPS) is 10.9. The fraction of sp³-hybridized carbons (Fsp3) is 0. The molecule has 0 spiro atoms. The topological polar surface area (TPSA) is 59.8 Å². The standard InChI is InChI=1S/C17H11ClN4OS/c18-14-4-3-12(22-7-1-6-20-22)9-13(14)17(23)21-11-2-5-16-15(8-11)19-10-24-16/h1-10H,(H,21,23). The molecule has 0 saturated carbocycles. The highest BCUT2D eigenvalue weighted by atomic mass is 35.5. The Morgan fingerprint density at radius 3 is 2.96 bits per heavy atom. The SMILES string of the molecule is O=C(Nc1ccc2scnc2c1)c1cc(-n2cccn2)ccc1Cl. The number of anilines is 1. The first-order valence-electron chi connectivity index (χ1n) is 7.15. The number of fused-ring (bicyclic) bond motifs is 1. The number of hydrogen-bond donors (Lipinski definition) is 1. The molecule has 24 heavy (non-hydrogen) atoms. The molecule has 5 nitrogen and oxygen atoms in total. The lowest BCUT2D eigenvalue weighted by atomic mass is 10.1. The lowest BCUT2D eigenvalue weighted by Crippen LogP contribution is -2.13. The molecule has 0 atom stereocenters. The first-order chi connectivity index (χ1) is 11.7. The molecule has 0 aliphatic rings. The predicted molar refractivity (Wildman–Crippen MR) is 96.1 cm³/mol. The van der Waals surface area contributed by atoms with Crippen molar-refractivity contribution in [1.82, 2.24) is 14.8 Å². The van der Waals surface area contributed by atoms with Crippen LogP contribution in [-0.2, 0) is 0 Å². The zero-order valence-corrected chi connectivity index (χ0v) is 13.9. The van der Waals surface area contributed by atoms with Crippen LogP contribution in [0.5, 0.6) is 0 Å². The molecule has 0 bridgehead atoms. The number of carbonyl (C=O) groups is 1. The lowest BCUT2D eigenvalue weighted by molar-refractivity contribution is 0.102. The molecule has 0 aliphatic carbocycles. The zero-order valence-electron chi connectivity index (χ0n) is 12.3. The van der Waals surface area contributed by atoms with Crippen LogP contribution in [0.3, 0.4) is 0 Å². The van der Waals surface area contributed by atoms with Crippen LogP contribution >= 0.6 is 22.9 Å². The Bertz CT molecular complexity index is 1030. The lowest BCUT2D eigenvalue weighted by Gasteiger charge is -2.09. The zero-order chi connectivity index (χ0) is 16.5. The maximum absolute atomic E-state index is 12.6. The van der Waals surface area contributed by atoms with Gasteiger partial charge in [0.15, 0.2) is 0 Å². The molecule has 4 rings (SSSR count). The third kappa shape index (κ3) is 2.77. The van der Waals surface area contributed by atoms with E-state index < -0.39 is 0 Å². The van der Waals surface area contributed by atoms with Gasteiger partial charge in [0.2, 0.25) is 0 Å². The number of halogens is 1. The monoisotopic (exact) mass is 354 g/mol. The van der Waals surface area contributed by atoms with E-state index in [4.69, 9.17) is 11.6 Å². The van der Waals surface area contributed by atoms with Crippen molar-refractivity contribution >= 4 is 44.7 Å². The predicted octanol–water partition coefficient (Wildman–Crippen LogP) is 4.39. The van der Waals surface area contributed by atoms with Crippen LogP contribution < -0.4 is 5.32 Å². The van der Waals surface area contributed by atoms with Crippen molar-refractivity contribution in [3.8, 4) is 5.69 Å². The first kappa shape index (κ1) is 14.9. The van der Waals surface area contributed by atoms with Crippen molar-refractivity contribution in [1.29, 1.82) is 0 Å². The third-order valence-corrected chi connectivity index (χ3v) is 4.69. The van der Waals surface area contributed by atoms with Gasteiger partial charge in [0.25, 0.3) is 5.91 Å². The van der Waals surface area contributed by atoms with E-state index in [0.717, 1.165) is 15.9 Å². The minimum absolute atomic E-state index is 0.274. The highest BCUT2D eigenvalue weighted by Crippen LogP contribution is 2.24. The van der Waals surface area contributed by atoms with E-state index >= 15 is 0 Å². The van der Waals surface area contributed by atoms with Gasteiger partial charge in [-0.3, -0.25) is 4.79 Å². The summed E-state index contributed by atoms with van der Waals surface area (Å²) in [6.45, 7) is 0. The number of benzene rings is 2. The molecule has 1 amide bonds. The number of rotatable bonds is 3. The molecule has 2 aromatic carbocycles. The molecule has 7 heteroatoms. The van der Waals surface area contributed by atoms with Crippen molar-refractivity contribution in [2.24, 2.45) is 0 Å². The molecule has 0 aliphatic heterocycles. The van der Waals surface area contributed by atoms with Gasteiger partial charge in [-0.05, 0) is 42.5 Å². The van der Waals surface area contributed by atoms with Crippen molar-refractivity contribution in [3.05, 3.63) is 71.0 Å². The maximum Gasteiger partial charge on any atom is 0.257 e. The van der Waals surface area contributed by atoms with E-state index in [0.29, 0.717) is 16.3 Å². The Balaban J connectivity index is 1.65. The quantitative estimate of drug-likeness (QED) is 0.593. The summed E-state index contributed by atoms with van der Waals surface area (Å²) in [6.07, 6.45) is 3.48. The van der Waals surface area contributed by atoms with Crippen LogP contribution in [0.15, 0.2) is 60.4 Å². The number of thiazole rings is 1. The van der Waals surface area contributed by atoms with Gasteiger partial charge in [0, 0.05) is 18.1 Å². The molecule has 0 saturated heterocycles.